The number of esters is 1. The Bertz CT molecular complexity index is 899. The van der Waals surface area contributed by atoms with Gasteiger partial charge in [-0.3, -0.25) is 4.79 Å². The Labute approximate surface area is 164 Å². The second kappa shape index (κ2) is 9.01. The van der Waals surface area contributed by atoms with Crippen LogP contribution < -0.4 is 10.1 Å². The van der Waals surface area contributed by atoms with Crippen LogP contribution in [0.2, 0.25) is 0 Å². The Morgan fingerprint density at radius 1 is 1.15 bits per heavy atom. The van der Waals surface area contributed by atoms with E-state index >= 15 is 0 Å². The molecule has 6 nitrogen and oxygen atoms in total. The van der Waals surface area contributed by atoms with E-state index in [1.54, 1.807) is 25.3 Å². The van der Waals surface area contributed by atoms with Gasteiger partial charge in [0.2, 0.25) is 0 Å². The molecule has 2 aromatic rings. The number of nitrogens with zero attached hydrogens (tertiary/aromatic N) is 1. The molecule has 0 radical (unpaired) electrons. The predicted molar refractivity (Wildman–Crippen MR) is 106 cm³/mol. The normalized spacial score (nSPS) is 10.6. The predicted octanol–water partition coefficient (Wildman–Crippen LogP) is 3.63. The fraction of sp³-hybridized carbons (Fsp3) is 0.105. The first kappa shape index (κ1) is 19.5. The van der Waals surface area contributed by atoms with Gasteiger partial charge in [0, 0.05) is 9.26 Å². The number of carbonyl (C=O) groups is 2. The number of benzene rings is 2. The number of ether oxygens (including phenoxy) is 2. The van der Waals surface area contributed by atoms with Crippen molar-refractivity contribution >= 4 is 46.2 Å². The van der Waals surface area contributed by atoms with E-state index in [0.717, 1.165) is 3.57 Å². The first-order valence-electron chi connectivity index (χ1n) is 7.43. The smallest absolute Gasteiger partial charge is 0.337 e. The molecule has 0 heterocycles. The van der Waals surface area contributed by atoms with Gasteiger partial charge in [-0.1, -0.05) is 0 Å². The Morgan fingerprint density at radius 2 is 1.85 bits per heavy atom. The molecular formula is C19H15IN2O4. The van der Waals surface area contributed by atoms with Crippen molar-refractivity contribution in [3.05, 3.63) is 62.7 Å². The first-order valence-corrected chi connectivity index (χ1v) is 8.51. The summed E-state index contributed by atoms with van der Waals surface area (Å²) in [6.07, 6.45) is 1.49. The van der Waals surface area contributed by atoms with Gasteiger partial charge in [-0.15, -0.1) is 0 Å². The number of halogens is 1. The molecule has 0 saturated heterocycles. The molecule has 1 amide bonds. The van der Waals surface area contributed by atoms with Crippen LogP contribution in [0.5, 0.6) is 5.75 Å². The maximum atomic E-state index is 12.3. The molecule has 2 aromatic carbocycles. The zero-order valence-corrected chi connectivity index (χ0v) is 16.2. The maximum absolute atomic E-state index is 12.3. The van der Waals surface area contributed by atoms with Crippen molar-refractivity contribution in [3.63, 3.8) is 0 Å². The van der Waals surface area contributed by atoms with Gasteiger partial charge < -0.3 is 14.8 Å². The van der Waals surface area contributed by atoms with Gasteiger partial charge in [0.05, 0.1) is 19.8 Å². The first-order chi connectivity index (χ1) is 12.5. The van der Waals surface area contributed by atoms with Crippen LogP contribution in [0.15, 0.2) is 48.0 Å². The minimum Gasteiger partial charge on any atom is -0.497 e. The van der Waals surface area contributed by atoms with Gasteiger partial charge in [0.25, 0.3) is 5.91 Å². The maximum Gasteiger partial charge on any atom is 0.337 e. The minimum atomic E-state index is -0.545. The molecule has 132 valence electrons. The van der Waals surface area contributed by atoms with Crippen LogP contribution in [0.3, 0.4) is 0 Å². The van der Waals surface area contributed by atoms with Gasteiger partial charge in [-0.05, 0) is 76.7 Å². The molecule has 0 atom stereocenters. The average Bonchev–Trinajstić information content (AvgIpc) is 2.65. The minimum absolute atomic E-state index is 0.0499. The highest BCUT2D eigenvalue weighted by Crippen LogP contribution is 2.21. The molecule has 26 heavy (non-hydrogen) atoms. The summed E-state index contributed by atoms with van der Waals surface area (Å²) in [6.45, 7) is 0. The summed E-state index contributed by atoms with van der Waals surface area (Å²) in [5.41, 5.74) is 1.46. The van der Waals surface area contributed by atoms with Crippen molar-refractivity contribution in [1.82, 2.24) is 0 Å². The molecule has 0 bridgehead atoms. The summed E-state index contributed by atoms with van der Waals surface area (Å²) in [6, 6.07) is 13.5. The fourth-order valence-corrected chi connectivity index (χ4v) is 2.77. The third kappa shape index (κ3) is 5.07. The van der Waals surface area contributed by atoms with Gasteiger partial charge in [0.15, 0.2) is 0 Å². The van der Waals surface area contributed by atoms with E-state index in [0.29, 0.717) is 22.6 Å². The molecular weight excluding hydrogens is 447 g/mol. The van der Waals surface area contributed by atoms with E-state index < -0.39 is 11.9 Å². The number of carbonyl (C=O) groups excluding carboxylic acids is 2. The summed E-state index contributed by atoms with van der Waals surface area (Å²) in [7, 11) is 2.84. The number of amides is 1. The lowest BCUT2D eigenvalue weighted by atomic mass is 10.1. The molecule has 0 aliphatic heterocycles. The number of hydrogen-bond acceptors (Lipinski definition) is 5. The summed E-state index contributed by atoms with van der Waals surface area (Å²) in [5, 5.41) is 11.9. The van der Waals surface area contributed by atoms with Crippen molar-refractivity contribution in [2.45, 2.75) is 0 Å². The standard InChI is InChI=1S/C19H15IN2O4/c1-25-17-9-12(8-15(20)10-17)7-14(11-21)18(23)22-16-5-3-13(4-6-16)19(24)26-2/h3-10H,1-2H3,(H,22,23)/b14-7+. The van der Waals surface area contributed by atoms with E-state index in [-0.39, 0.29) is 5.57 Å². The molecule has 7 heteroatoms. The molecule has 0 aromatic heterocycles. The Kier molecular flexibility index (Phi) is 6.74. The van der Waals surface area contributed by atoms with Crippen LogP contribution in [-0.4, -0.2) is 26.1 Å². The largest absolute Gasteiger partial charge is 0.497 e. The Morgan fingerprint density at radius 3 is 2.42 bits per heavy atom. The topological polar surface area (TPSA) is 88.4 Å². The molecule has 0 spiro atoms. The number of methoxy groups -OCH3 is 2. The molecule has 0 saturated carbocycles. The van der Waals surface area contributed by atoms with E-state index in [2.05, 4.69) is 32.6 Å². The molecule has 0 aliphatic rings. The van der Waals surface area contributed by atoms with E-state index in [1.807, 2.05) is 18.2 Å². The van der Waals surface area contributed by atoms with Crippen LogP contribution in [-0.2, 0) is 9.53 Å². The summed E-state index contributed by atoms with van der Waals surface area (Å²) in [4.78, 5) is 23.7. The van der Waals surface area contributed by atoms with Crippen molar-refractivity contribution in [2.24, 2.45) is 0 Å². The second-order valence-corrected chi connectivity index (χ2v) is 6.36. The summed E-state index contributed by atoms with van der Waals surface area (Å²) in [5.74, 6) is -0.372. The molecule has 0 aliphatic carbocycles. The van der Waals surface area contributed by atoms with Crippen molar-refractivity contribution in [1.29, 1.82) is 5.26 Å². The molecule has 2 rings (SSSR count). The highest BCUT2D eigenvalue weighted by molar-refractivity contribution is 14.1. The van der Waals surface area contributed by atoms with Crippen LogP contribution in [0.25, 0.3) is 6.08 Å². The zero-order chi connectivity index (χ0) is 19.1. The average molecular weight is 462 g/mol. The van der Waals surface area contributed by atoms with E-state index in [9.17, 15) is 14.9 Å². The Balaban J connectivity index is 2.20. The quantitative estimate of drug-likeness (QED) is 0.317. The van der Waals surface area contributed by atoms with Gasteiger partial charge in [-0.25, -0.2) is 4.79 Å². The summed E-state index contributed by atoms with van der Waals surface area (Å²) < 4.78 is 10.7. The SMILES string of the molecule is COC(=O)c1ccc(NC(=O)/C(C#N)=C/c2cc(I)cc(OC)c2)cc1. The van der Waals surface area contributed by atoms with Crippen molar-refractivity contribution in [3.8, 4) is 11.8 Å². The summed E-state index contributed by atoms with van der Waals surface area (Å²) >= 11 is 2.13. The molecule has 0 fully saturated rings. The lowest BCUT2D eigenvalue weighted by Crippen LogP contribution is -2.13. The van der Waals surface area contributed by atoms with E-state index in [4.69, 9.17) is 4.74 Å². The van der Waals surface area contributed by atoms with Gasteiger partial charge >= 0.3 is 5.97 Å². The molecule has 1 N–H and O–H groups in total. The monoisotopic (exact) mass is 462 g/mol. The van der Waals surface area contributed by atoms with E-state index in [1.165, 1.54) is 25.3 Å². The van der Waals surface area contributed by atoms with Crippen LogP contribution in [0.1, 0.15) is 15.9 Å². The lowest BCUT2D eigenvalue weighted by molar-refractivity contribution is -0.112. The van der Waals surface area contributed by atoms with Crippen molar-refractivity contribution in [2.75, 3.05) is 19.5 Å². The third-order valence-electron chi connectivity index (χ3n) is 3.37. The number of nitriles is 1. The molecule has 0 unspecified atom stereocenters. The lowest BCUT2D eigenvalue weighted by Gasteiger charge is -2.06. The second-order valence-electron chi connectivity index (χ2n) is 5.12. The van der Waals surface area contributed by atoms with Gasteiger partial charge in [0.1, 0.15) is 17.4 Å². The highest BCUT2D eigenvalue weighted by atomic mass is 127. The van der Waals surface area contributed by atoms with Crippen LogP contribution in [0, 0.1) is 14.9 Å². The van der Waals surface area contributed by atoms with Gasteiger partial charge in [-0.2, -0.15) is 5.26 Å². The zero-order valence-electron chi connectivity index (χ0n) is 14.1. The highest BCUT2D eigenvalue weighted by Gasteiger charge is 2.11. The number of anilines is 1. The van der Waals surface area contributed by atoms with Crippen LogP contribution in [0.4, 0.5) is 5.69 Å². The number of rotatable bonds is 5. The number of hydrogen-bond donors (Lipinski definition) is 1. The fourth-order valence-electron chi connectivity index (χ4n) is 2.11. The van der Waals surface area contributed by atoms with Crippen LogP contribution >= 0.6 is 22.6 Å². The van der Waals surface area contributed by atoms with Crippen molar-refractivity contribution < 1.29 is 19.1 Å². The number of nitrogens with one attached hydrogen (secondary N) is 1. The third-order valence-corrected chi connectivity index (χ3v) is 3.99. The Hall–Kier alpha value is -2.86.